The Morgan fingerprint density at radius 1 is 1.17 bits per heavy atom. The number of nitrogens with zero attached hydrogens (tertiary/aromatic N) is 2. The lowest BCUT2D eigenvalue weighted by molar-refractivity contribution is -0.121. The highest BCUT2D eigenvalue weighted by Gasteiger charge is 2.14. The zero-order chi connectivity index (χ0) is 17.4. The van der Waals surface area contributed by atoms with Crippen LogP contribution in [0.15, 0.2) is 48.8 Å². The first-order valence-electron chi connectivity index (χ1n) is 7.86. The van der Waals surface area contributed by atoms with Crippen LogP contribution in [0.2, 0.25) is 0 Å². The maximum Gasteiger partial charge on any atom is 0.254 e. The van der Waals surface area contributed by atoms with Gasteiger partial charge in [0.05, 0.1) is 6.54 Å². The van der Waals surface area contributed by atoms with Gasteiger partial charge in [0.15, 0.2) is 0 Å². The molecule has 0 aliphatic carbocycles. The molecule has 2 amide bonds. The summed E-state index contributed by atoms with van der Waals surface area (Å²) < 4.78 is 6.88. The van der Waals surface area contributed by atoms with Crippen LogP contribution in [0, 0.1) is 0 Å². The van der Waals surface area contributed by atoms with Crippen LogP contribution in [0.25, 0.3) is 5.69 Å². The van der Waals surface area contributed by atoms with Crippen molar-refractivity contribution in [1.82, 2.24) is 14.8 Å². The molecular formula is C18H23N3O3. The number of aromatic nitrogens is 1. The molecular weight excluding hydrogens is 306 g/mol. The van der Waals surface area contributed by atoms with E-state index in [4.69, 9.17) is 4.74 Å². The molecule has 0 fully saturated rings. The van der Waals surface area contributed by atoms with E-state index >= 15 is 0 Å². The van der Waals surface area contributed by atoms with Gasteiger partial charge < -0.3 is 19.5 Å². The number of nitrogens with one attached hydrogen (secondary N) is 1. The Labute approximate surface area is 142 Å². The predicted molar refractivity (Wildman–Crippen MR) is 92.2 cm³/mol. The quantitative estimate of drug-likeness (QED) is 0.750. The maximum absolute atomic E-state index is 12.4. The van der Waals surface area contributed by atoms with Crippen LogP contribution in [0.3, 0.4) is 0 Å². The fraction of sp³-hybridized carbons (Fsp3) is 0.333. The number of carbonyl (C=O) groups is 2. The van der Waals surface area contributed by atoms with Crippen molar-refractivity contribution in [2.75, 3.05) is 33.9 Å². The van der Waals surface area contributed by atoms with Gasteiger partial charge in [0.1, 0.15) is 0 Å². The number of carbonyl (C=O) groups excluding carboxylic acids is 2. The zero-order valence-electron chi connectivity index (χ0n) is 14.1. The molecule has 6 heteroatoms. The third-order valence-electron chi connectivity index (χ3n) is 3.59. The van der Waals surface area contributed by atoms with E-state index in [1.165, 1.54) is 4.90 Å². The summed E-state index contributed by atoms with van der Waals surface area (Å²) in [6, 6.07) is 11.2. The fourth-order valence-corrected chi connectivity index (χ4v) is 2.29. The minimum atomic E-state index is -0.180. The molecule has 0 saturated heterocycles. The molecule has 6 nitrogen and oxygen atoms in total. The first-order valence-corrected chi connectivity index (χ1v) is 7.86. The highest BCUT2D eigenvalue weighted by molar-refractivity contribution is 5.96. The molecule has 24 heavy (non-hydrogen) atoms. The first kappa shape index (κ1) is 17.7. The lowest BCUT2D eigenvalue weighted by Crippen LogP contribution is -2.38. The summed E-state index contributed by atoms with van der Waals surface area (Å²) in [7, 11) is 3.24. The standard InChI is InChI=1S/C18H23N3O3/c1-20(14-17(22)19-10-5-13-24-2)18(23)15-6-8-16(9-7-15)21-11-3-4-12-21/h3-4,6-9,11-12H,5,10,13-14H2,1-2H3,(H,19,22). The summed E-state index contributed by atoms with van der Waals surface area (Å²) in [5.41, 5.74) is 1.54. The topological polar surface area (TPSA) is 63.6 Å². The lowest BCUT2D eigenvalue weighted by atomic mass is 10.2. The Balaban J connectivity index is 1.87. The average Bonchev–Trinajstić information content (AvgIpc) is 3.13. The number of hydrogen-bond acceptors (Lipinski definition) is 3. The molecule has 0 spiro atoms. The summed E-state index contributed by atoms with van der Waals surface area (Å²) in [6.07, 6.45) is 4.63. The SMILES string of the molecule is COCCCNC(=O)CN(C)C(=O)c1ccc(-n2cccc2)cc1. The third kappa shape index (κ3) is 4.96. The molecule has 0 radical (unpaired) electrons. The number of hydrogen-bond donors (Lipinski definition) is 1. The van der Waals surface area contributed by atoms with E-state index in [0.29, 0.717) is 18.7 Å². The van der Waals surface area contributed by atoms with E-state index in [0.717, 1.165) is 12.1 Å². The molecule has 2 rings (SSSR count). The van der Waals surface area contributed by atoms with E-state index in [1.54, 1.807) is 26.3 Å². The maximum atomic E-state index is 12.4. The number of ether oxygens (including phenoxy) is 1. The first-order chi connectivity index (χ1) is 11.6. The molecule has 0 bridgehead atoms. The van der Waals surface area contributed by atoms with Crippen molar-refractivity contribution >= 4 is 11.8 Å². The van der Waals surface area contributed by atoms with Gasteiger partial charge in [-0.2, -0.15) is 0 Å². The Bertz CT molecular complexity index is 651. The van der Waals surface area contributed by atoms with Gasteiger partial charge in [0, 0.05) is 51.0 Å². The number of benzene rings is 1. The van der Waals surface area contributed by atoms with Crippen LogP contribution in [0.5, 0.6) is 0 Å². The van der Waals surface area contributed by atoms with Crippen molar-refractivity contribution in [2.45, 2.75) is 6.42 Å². The molecule has 0 unspecified atom stereocenters. The minimum absolute atomic E-state index is 0.0329. The van der Waals surface area contributed by atoms with E-state index in [1.807, 2.05) is 41.2 Å². The average molecular weight is 329 g/mol. The van der Waals surface area contributed by atoms with Gasteiger partial charge >= 0.3 is 0 Å². The summed E-state index contributed by atoms with van der Waals surface area (Å²) in [5, 5.41) is 2.77. The fourth-order valence-electron chi connectivity index (χ4n) is 2.29. The van der Waals surface area contributed by atoms with Gasteiger partial charge in [-0.15, -0.1) is 0 Å². The molecule has 0 atom stereocenters. The van der Waals surface area contributed by atoms with Crippen molar-refractivity contribution in [3.8, 4) is 5.69 Å². The summed E-state index contributed by atoms with van der Waals surface area (Å²) in [6.45, 7) is 1.17. The normalized spacial score (nSPS) is 10.4. The largest absolute Gasteiger partial charge is 0.385 e. The summed E-state index contributed by atoms with van der Waals surface area (Å²) in [5.74, 6) is -0.355. The van der Waals surface area contributed by atoms with Gasteiger partial charge in [-0.05, 0) is 42.8 Å². The van der Waals surface area contributed by atoms with Crippen LogP contribution in [0.4, 0.5) is 0 Å². The van der Waals surface area contributed by atoms with Crippen LogP contribution in [0.1, 0.15) is 16.8 Å². The summed E-state index contributed by atoms with van der Waals surface area (Å²) in [4.78, 5) is 25.6. The highest BCUT2D eigenvalue weighted by Crippen LogP contribution is 2.11. The smallest absolute Gasteiger partial charge is 0.254 e. The number of methoxy groups -OCH3 is 1. The van der Waals surface area contributed by atoms with Crippen LogP contribution in [-0.4, -0.2) is 55.1 Å². The predicted octanol–water partition coefficient (Wildman–Crippen LogP) is 1.70. The Kier molecular flexibility index (Phi) is 6.57. The monoisotopic (exact) mass is 329 g/mol. The lowest BCUT2D eigenvalue weighted by Gasteiger charge is -2.17. The van der Waals surface area contributed by atoms with Crippen LogP contribution >= 0.6 is 0 Å². The van der Waals surface area contributed by atoms with Gasteiger partial charge in [-0.3, -0.25) is 9.59 Å². The Morgan fingerprint density at radius 2 is 1.83 bits per heavy atom. The van der Waals surface area contributed by atoms with Crippen molar-refractivity contribution in [3.63, 3.8) is 0 Å². The molecule has 0 aliphatic heterocycles. The van der Waals surface area contributed by atoms with E-state index < -0.39 is 0 Å². The van der Waals surface area contributed by atoms with Crippen LogP contribution in [-0.2, 0) is 9.53 Å². The highest BCUT2D eigenvalue weighted by atomic mass is 16.5. The molecule has 0 aliphatic rings. The Morgan fingerprint density at radius 3 is 2.46 bits per heavy atom. The second-order valence-electron chi connectivity index (χ2n) is 5.49. The van der Waals surface area contributed by atoms with Crippen molar-refractivity contribution in [1.29, 1.82) is 0 Å². The van der Waals surface area contributed by atoms with Crippen molar-refractivity contribution in [3.05, 3.63) is 54.4 Å². The molecule has 0 saturated carbocycles. The van der Waals surface area contributed by atoms with Crippen molar-refractivity contribution < 1.29 is 14.3 Å². The molecule has 1 aromatic heterocycles. The van der Waals surface area contributed by atoms with E-state index in [9.17, 15) is 9.59 Å². The molecule has 128 valence electrons. The minimum Gasteiger partial charge on any atom is -0.385 e. The van der Waals surface area contributed by atoms with Crippen molar-refractivity contribution in [2.24, 2.45) is 0 Å². The van der Waals surface area contributed by atoms with Gasteiger partial charge in [-0.1, -0.05) is 0 Å². The van der Waals surface area contributed by atoms with E-state index in [-0.39, 0.29) is 18.4 Å². The second kappa shape index (κ2) is 8.88. The van der Waals surface area contributed by atoms with Crippen LogP contribution < -0.4 is 5.32 Å². The molecule has 2 aromatic rings. The number of amides is 2. The molecule has 1 aromatic carbocycles. The molecule has 1 heterocycles. The van der Waals surface area contributed by atoms with E-state index in [2.05, 4.69) is 5.32 Å². The number of rotatable bonds is 8. The summed E-state index contributed by atoms with van der Waals surface area (Å²) >= 11 is 0. The second-order valence-corrected chi connectivity index (χ2v) is 5.49. The number of likely N-dealkylation sites (N-methyl/N-ethyl adjacent to an activating group) is 1. The Hall–Kier alpha value is -2.60. The zero-order valence-corrected chi connectivity index (χ0v) is 14.1. The van der Waals surface area contributed by atoms with Gasteiger partial charge in [-0.25, -0.2) is 0 Å². The molecule has 1 N–H and O–H groups in total. The van der Waals surface area contributed by atoms with Gasteiger partial charge in [0.25, 0.3) is 5.91 Å². The van der Waals surface area contributed by atoms with Gasteiger partial charge in [0.2, 0.25) is 5.91 Å². The third-order valence-corrected chi connectivity index (χ3v) is 3.59.